The van der Waals surface area contributed by atoms with Crippen molar-refractivity contribution in [2.24, 2.45) is 0 Å². The van der Waals surface area contributed by atoms with E-state index in [4.69, 9.17) is 4.42 Å². The Labute approximate surface area is 157 Å². The Hall–Kier alpha value is -3.00. The maximum Gasteiger partial charge on any atom is 0.322 e. The van der Waals surface area contributed by atoms with Crippen molar-refractivity contribution in [3.8, 4) is 0 Å². The molecule has 0 saturated carbocycles. The maximum atomic E-state index is 12.4. The third-order valence-corrected chi connectivity index (χ3v) is 5.16. The quantitative estimate of drug-likeness (QED) is 0.700. The highest BCUT2D eigenvalue weighted by Gasteiger charge is 2.20. The molecule has 2 aromatic carbocycles. The molecule has 1 heterocycles. The molecule has 0 aliphatic heterocycles. The molecule has 0 aliphatic rings. The number of nitrogens with zero attached hydrogens (tertiary/aromatic N) is 2. The van der Waals surface area contributed by atoms with Crippen LogP contribution in [0, 0.1) is 0 Å². The highest BCUT2D eigenvalue weighted by molar-refractivity contribution is 7.90. The predicted molar refractivity (Wildman–Crippen MR) is 100 cm³/mol. The lowest BCUT2D eigenvalue weighted by Gasteiger charge is -2.06. The first-order chi connectivity index (χ1) is 12.9. The van der Waals surface area contributed by atoms with Gasteiger partial charge in [-0.15, -0.1) is 5.10 Å². The molecule has 140 valence electrons. The van der Waals surface area contributed by atoms with E-state index >= 15 is 0 Å². The first kappa shape index (κ1) is 18.8. The number of carbonyl (C=O) groups is 1. The number of aromatic nitrogens is 2. The highest BCUT2D eigenvalue weighted by Crippen LogP contribution is 2.18. The standard InChI is InChI=1S/C19H19N3O4S/c1-3-13-8-10-14(11-9-13)12-17-21-22-19(26-17)20-18(23)15-6-4-5-7-16(15)27(2,24)25/h4-11H,3,12H2,1-2H3,(H,20,22,23). The van der Waals surface area contributed by atoms with Crippen LogP contribution < -0.4 is 5.32 Å². The second kappa shape index (κ2) is 7.71. The SMILES string of the molecule is CCc1ccc(Cc2nnc(NC(=O)c3ccccc3S(C)(=O)=O)o2)cc1. The van der Waals surface area contributed by atoms with Crippen LogP contribution in [0.1, 0.15) is 34.3 Å². The summed E-state index contributed by atoms with van der Waals surface area (Å²) in [6, 6.07) is 13.9. The highest BCUT2D eigenvalue weighted by atomic mass is 32.2. The number of hydrogen-bond acceptors (Lipinski definition) is 6. The van der Waals surface area contributed by atoms with E-state index in [1.165, 1.54) is 17.7 Å². The van der Waals surface area contributed by atoms with Crippen LogP contribution in [-0.4, -0.2) is 30.8 Å². The van der Waals surface area contributed by atoms with Gasteiger partial charge in [0.05, 0.1) is 16.9 Å². The van der Waals surface area contributed by atoms with E-state index in [0.29, 0.717) is 12.3 Å². The number of hydrogen-bond donors (Lipinski definition) is 1. The Morgan fingerprint density at radius 3 is 2.37 bits per heavy atom. The molecule has 1 N–H and O–H groups in total. The van der Waals surface area contributed by atoms with Gasteiger partial charge in [-0.1, -0.05) is 48.4 Å². The Bertz CT molecular complexity index is 1060. The normalized spacial score (nSPS) is 11.3. The van der Waals surface area contributed by atoms with Gasteiger partial charge < -0.3 is 4.42 Å². The molecule has 7 nitrogen and oxygen atoms in total. The molecule has 1 amide bonds. The summed E-state index contributed by atoms with van der Waals surface area (Å²) in [7, 11) is -3.54. The zero-order chi connectivity index (χ0) is 19.4. The van der Waals surface area contributed by atoms with Crippen molar-refractivity contribution in [3.05, 3.63) is 71.1 Å². The minimum atomic E-state index is -3.54. The van der Waals surface area contributed by atoms with Crippen LogP contribution in [0.3, 0.4) is 0 Å². The average Bonchev–Trinajstić information content (AvgIpc) is 3.08. The Balaban J connectivity index is 1.73. The topological polar surface area (TPSA) is 102 Å². The molecule has 0 radical (unpaired) electrons. The van der Waals surface area contributed by atoms with Gasteiger partial charge in [0.2, 0.25) is 5.89 Å². The van der Waals surface area contributed by atoms with Crippen LogP contribution in [0.2, 0.25) is 0 Å². The van der Waals surface area contributed by atoms with Crippen LogP contribution in [0.5, 0.6) is 0 Å². The monoisotopic (exact) mass is 385 g/mol. The van der Waals surface area contributed by atoms with Crippen molar-refractivity contribution in [2.75, 3.05) is 11.6 Å². The lowest BCUT2D eigenvalue weighted by Crippen LogP contribution is -2.16. The Kier molecular flexibility index (Phi) is 5.36. The van der Waals surface area contributed by atoms with Gasteiger partial charge in [-0.25, -0.2) is 8.42 Å². The fraction of sp³-hybridized carbons (Fsp3) is 0.211. The molecule has 8 heteroatoms. The van der Waals surface area contributed by atoms with Crippen LogP contribution in [-0.2, 0) is 22.7 Å². The molecule has 0 unspecified atom stereocenters. The molecule has 27 heavy (non-hydrogen) atoms. The van der Waals surface area contributed by atoms with Gasteiger partial charge in [0.15, 0.2) is 9.84 Å². The number of rotatable bonds is 6. The van der Waals surface area contributed by atoms with Crippen molar-refractivity contribution >= 4 is 21.8 Å². The van der Waals surface area contributed by atoms with Crippen molar-refractivity contribution in [3.63, 3.8) is 0 Å². The number of anilines is 1. The number of amides is 1. The number of carbonyl (C=O) groups excluding carboxylic acids is 1. The lowest BCUT2D eigenvalue weighted by atomic mass is 10.1. The smallest absolute Gasteiger partial charge is 0.322 e. The van der Waals surface area contributed by atoms with Crippen molar-refractivity contribution in [1.82, 2.24) is 10.2 Å². The Morgan fingerprint density at radius 1 is 1.04 bits per heavy atom. The second-order valence-corrected chi connectivity index (χ2v) is 8.05. The fourth-order valence-corrected chi connectivity index (χ4v) is 3.47. The second-order valence-electron chi connectivity index (χ2n) is 6.07. The summed E-state index contributed by atoms with van der Waals surface area (Å²) in [6.45, 7) is 2.09. The van der Waals surface area contributed by atoms with E-state index in [9.17, 15) is 13.2 Å². The van der Waals surface area contributed by atoms with Crippen molar-refractivity contribution in [1.29, 1.82) is 0 Å². The summed E-state index contributed by atoms with van der Waals surface area (Å²) in [5, 5.41) is 10.2. The molecule has 0 atom stereocenters. The molecule has 0 saturated heterocycles. The van der Waals surface area contributed by atoms with E-state index < -0.39 is 15.7 Å². The van der Waals surface area contributed by atoms with Gasteiger partial charge in [-0.3, -0.25) is 10.1 Å². The van der Waals surface area contributed by atoms with Gasteiger partial charge in [0.25, 0.3) is 5.91 Å². The van der Waals surface area contributed by atoms with E-state index in [0.717, 1.165) is 18.2 Å². The number of aryl methyl sites for hydroxylation is 1. The van der Waals surface area contributed by atoms with Gasteiger partial charge in [0, 0.05) is 6.26 Å². The van der Waals surface area contributed by atoms with Gasteiger partial charge >= 0.3 is 6.01 Å². The first-order valence-corrected chi connectivity index (χ1v) is 10.3. The minimum absolute atomic E-state index is 0.0231. The summed E-state index contributed by atoms with van der Waals surface area (Å²) in [5.41, 5.74) is 2.27. The average molecular weight is 385 g/mol. The van der Waals surface area contributed by atoms with Gasteiger partial charge in [0.1, 0.15) is 0 Å². The van der Waals surface area contributed by atoms with Gasteiger partial charge in [-0.2, -0.15) is 0 Å². The van der Waals surface area contributed by atoms with Crippen LogP contribution in [0.25, 0.3) is 0 Å². The molecule has 0 aliphatic carbocycles. The van der Waals surface area contributed by atoms with Crippen LogP contribution in [0.15, 0.2) is 57.8 Å². The molecular weight excluding hydrogens is 366 g/mol. The summed E-state index contributed by atoms with van der Waals surface area (Å²) in [6.07, 6.45) is 2.45. The number of benzene rings is 2. The third-order valence-electron chi connectivity index (χ3n) is 4.01. The van der Waals surface area contributed by atoms with Crippen LogP contribution >= 0.6 is 0 Å². The largest absolute Gasteiger partial charge is 0.407 e. The lowest BCUT2D eigenvalue weighted by molar-refractivity contribution is 0.102. The zero-order valence-electron chi connectivity index (χ0n) is 15.0. The fourth-order valence-electron chi connectivity index (χ4n) is 2.59. The van der Waals surface area contributed by atoms with E-state index in [1.807, 2.05) is 24.3 Å². The number of sulfone groups is 1. The molecule has 3 aromatic rings. The maximum absolute atomic E-state index is 12.4. The summed E-state index contributed by atoms with van der Waals surface area (Å²) < 4.78 is 29.1. The van der Waals surface area contributed by atoms with Gasteiger partial charge in [-0.05, 0) is 29.7 Å². The molecule has 0 spiro atoms. The van der Waals surface area contributed by atoms with E-state index in [-0.39, 0.29) is 16.5 Å². The number of nitrogens with one attached hydrogen (secondary N) is 1. The minimum Gasteiger partial charge on any atom is -0.407 e. The van der Waals surface area contributed by atoms with Crippen molar-refractivity contribution in [2.45, 2.75) is 24.7 Å². The molecule has 0 bridgehead atoms. The summed E-state index contributed by atoms with van der Waals surface area (Å²) in [4.78, 5) is 12.4. The molecule has 1 aromatic heterocycles. The molecular formula is C19H19N3O4S. The van der Waals surface area contributed by atoms with E-state index in [1.54, 1.807) is 12.1 Å². The third kappa shape index (κ3) is 4.59. The van der Waals surface area contributed by atoms with Crippen molar-refractivity contribution < 1.29 is 17.6 Å². The zero-order valence-corrected chi connectivity index (χ0v) is 15.8. The first-order valence-electron chi connectivity index (χ1n) is 8.37. The summed E-state index contributed by atoms with van der Waals surface area (Å²) >= 11 is 0. The predicted octanol–water partition coefficient (Wildman–Crippen LogP) is 2.88. The molecule has 0 fully saturated rings. The van der Waals surface area contributed by atoms with E-state index in [2.05, 4.69) is 22.4 Å². The summed E-state index contributed by atoms with van der Waals surface area (Å²) in [5.74, 6) is -0.274. The molecule has 3 rings (SSSR count). The Morgan fingerprint density at radius 2 is 1.70 bits per heavy atom. The van der Waals surface area contributed by atoms with Crippen LogP contribution in [0.4, 0.5) is 6.01 Å².